The molecule has 0 aromatic heterocycles. The van der Waals surface area contributed by atoms with Crippen LogP contribution in [0.2, 0.25) is 0 Å². The van der Waals surface area contributed by atoms with Gasteiger partial charge < -0.3 is 4.90 Å². The lowest BCUT2D eigenvalue weighted by atomic mass is 9.84. The van der Waals surface area contributed by atoms with E-state index < -0.39 is 0 Å². The van der Waals surface area contributed by atoms with E-state index in [-0.39, 0.29) is 0 Å². The third-order valence-corrected chi connectivity index (χ3v) is 5.71. The molecule has 0 aromatic rings. The zero-order valence-electron chi connectivity index (χ0n) is 19.9. The van der Waals surface area contributed by atoms with Crippen molar-refractivity contribution < 1.29 is 0 Å². The van der Waals surface area contributed by atoms with Gasteiger partial charge in [-0.15, -0.1) is 0 Å². The number of rotatable bonds is 16. The van der Waals surface area contributed by atoms with Crippen LogP contribution in [0.1, 0.15) is 120 Å². The van der Waals surface area contributed by atoms with E-state index in [4.69, 9.17) is 0 Å². The monoisotopic (exact) mass is 367 g/mol. The van der Waals surface area contributed by atoms with Gasteiger partial charge in [0.2, 0.25) is 0 Å². The van der Waals surface area contributed by atoms with Crippen LogP contribution in [0, 0.1) is 23.2 Å². The van der Waals surface area contributed by atoms with Crippen LogP contribution in [0.4, 0.5) is 0 Å². The van der Waals surface area contributed by atoms with Gasteiger partial charge in [-0.2, -0.15) is 0 Å². The van der Waals surface area contributed by atoms with Gasteiger partial charge in [-0.05, 0) is 61.9 Å². The smallest absolute Gasteiger partial charge is 0.000956 e. The molecule has 2 unspecified atom stereocenters. The van der Waals surface area contributed by atoms with E-state index in [0.717, 1.165) is 17.8 Å². The van der Waals surface area contributed by atoms with E-state index in [0.29, 0.717) is 5.41 Å². The van der Waals surface area contributed by atoms with Gasteiger partial charge >= 0.3 is 0 Å². The van der Waals surface area contributed by atoms with Gasteiger partial charge in [0.25, 0.3) is 0 Å². The molecule has 0 bridgehead atoms. The first-order valence-electron chi connectivity index (χ1n) is 11.9. The summed E-state index contributed by atoms with van der Waals surface area (Å²) in [6, 6.07) is 0. The molecular formula is C25H53N. The van der Waals surface area contributed by atoms with Crippen LogP contribution < -0.4 is 0 Å². The number of nitrogens with zero attached hydrogens (tertiary/aromatic N) is 1. The first kappa shape index (κ1) is 26.0. The Morgan fingerprint density at radius 2 is 1.46 bits per heavy atom. The average molecular weight is 368 g/mol. The molecule has 0 radical (unpaired) electrons. The minimum atomic E-state index is 0.466. The topological polar surface area (TPSA) is 3.24 Å². The van der Waals surface area contributed by atoms with Crippen molar-refractivity contribution in [1.29, 1.82) is 0 Å². The van der Waals surface area contributed by atoms with Crippen LogP contribution in [-0.2, 0) is 0 Å². The molecule has 0 spiro atoms. The molecule has 1 nitrogen and oxygen atoms in total. The third-order valence-electron chi connectivity index (χ3n) is 5.71. The quantitative estimate of drug-likeness (QED) is 0.248. The summed E-state index contributed by atoms with van der Waals surface area (Å²) in [5, 5.41) is 0. The minimum absolute atomic E-state index is 0.466. The Bertz CT molecular complexity index is 302. The van der Waals surface area contributed by atoms with Crippen molar-refractivity contribution in [2.24, 2.45) is 23.2 Å². The van der Waals surface area contributed by atoms with Crippen molar-refractivity contribution >= 4 is 0 Å². The molecule has 0 rings (SSSR count). The summed E-state index contributed by atoms with van der Waals surface area (Å²) in [5.74, 6) is 2.61. The standard InChI is InChI=1S/C25H53N/c1-9-11-16-24(10-2)21-26(18-14-12-13-15-22(3)4)19-17-23(5)20-25(6,7)8/h22-24H,9-21H2,1-8H3. The summed E-state index contributed by atoms with van der Waals surface area (Å²) >= 11 is 0. The van der Waals surface area contributed by atoms with Crippen LogP contribution in [0.15, 0.2) is 0 Å². The summed E-state index contributed by atoms with van der Waals surface area (Å²) in [6.45, 7) is 23.0. The molecule has 0 saturated heterocycles. The summed E-state index contributed by atoms with van der Waals surface area (Å²) in [4.78, 5) is 2.82. The maximum atomic E-state index is 2.82. The van der Waals surface area contributed by atoms with Gasteiger partial charge in [0.05, 0.1) is 0 Å². The van der Waals surface area contributed by atoms with E-state index in [1.54, 1.807) is 0 Å². The summed E-state index contributed by atoms with van der Waals surface area (Å²) < 4.78 is 0. The maximum Gasteiger partial charge on any atom is 0.000956 e. The fraction of sp³-hybridized carbons (Fsp3) is 1.00. The molecule has 2 atom stereocenters. The van der Waals surface area contributed by atoms with Gasteiger partial charge in [-0.3, -0.25) is 0 Å². The predicted octanol–water partition coefficient (Wildman–Crippen LogP) is 8.18. The molecule has 0 fully saturated rings. The largest absolute Gasteiger partial charge is 0.303 e. The van der Waals surface area contributed by atoms with Crippen molar-refractivity contribution in [1.82, 2.24) is 4.90 Å². The summed E-state index contributed by atoms with van der Waals surface area (Å²) in [7, 11) is 0. The molecule has 158 valence electrons. The number of hydrogen-bond donors (Lipinski definition) is 0. The second-order valence-corrected chi connectivity index (χ2v) is 10.6. The Morgan fingerprint density at radius 1 is 0.769 bits per heavy atom. The molecule has 26 heavy (non-hydrogen) atoms. The van der Waals surface area contributed by atoms with Gasteiger partial charge in [0, 0.05) is 6.54 Å². The molecule has 0 heterocycles. The molecule has 0 N–H and O–H groups in total. The van der Waals surface area contributed by atoms with Gasteiger partial charge in [0.1, 0.15) is 0 Å². The highest BCUT2D eigenvalue weighted by molar-refractivity contribution is 4.71. The molecule has 0 amide bonds. The van der Waals surface area contributed by atoms with Crippen LogP contribution >= 0.6 is 0 Å². The summed E-state index contributed by atoms with van der Waals surface area (Å²) in [6.07, 6.45) is 13.9. The van der Waals surface area contributed by atoms with E-state index in [9.17, 15) is 0 Å². The van der Waals surface area contributed by atoms with E-state index in [1.807, 2.05) is 0 Å². The number of unbranched alkanes of at least 4 members (excludes halogenated alkanes) is 3. The van der Waals surface area contributed by atoms with E-state index >= 15 is 0 Å². The first-order valence-corrected chi connectivity index (χ1v) is 11.9. The van der Waals surface area contributed by atoms with Gasteiger partial charge in [0.15, 0.2) is 0 Å². The zero-order chi connectivity index (χ0) is 20.0. The molecule has 0 aliphatic carbocycles. The third kappa shape index (κ3) is 16.2. The Balaban J connectivity index is 4.41. The molecule has 1 heteroatoms. The lowest BCUT2D eigenvalue weighted by Gasteiger charge is -2.30. The van der Waals surface area contributed by atoms with Crippen molar-refractivity contribution in [3.8, 4) is 0 Å². The fourth-order valence-corrected chi connectivity index (χ4v) is 4.19. The van der Waals surface area contributed by atoms with Crippen molar-refractivity contribution in [3.05, 3.63) is 0 Å². The lowest BCUT2D eigenvalue weighted by molar-refractivity contribution is 0.191. The van der Waals surface area contributed by atoms with Crippen molar-refractivity contribution in [2.45, 2.75) is 120 Å². The van der Waals surface area contributed by atoms with Crippen LogP contribution in [0.25, 0.3) is 0 Å². The second-order valence-electron chi connectivity index (χ2n) is 10.6. The average Bonchev–Trinajstić information content (AvgIpc) is 2.53. The van der Waals surface area contributed by atoms with Crippen LogP contribution in [0.3, 0.4) is 0 Å². The molecule has 0 saturated carbocycles. The highest BCUT2D eigenvalue weighted by Crippen LogP contribution is 2.26. The lowest BCUT2D eigenvalue weighted by Crippen LogP contribution is -2.32. The fourth-order valence-electron chi connectivity index (χ4n) is 4.19. The summed E-state index contributed by atoms with van der Waals surface area (Å²) in [5.41, 5.74) is 0.466. The Hall–Kier alpha value is -0.0400. The number of hydrogen-bond acceptors (Lipinski definition) is 1. The Morgan fingerprint density at radius 3 is 2.00 bits per heavy atom. The molecular weight excluding hydrogens is 314 g/mol. The maximum absolute atomic E-state index is 2.82. The highest BCUT2D eigenvalue weighted by atomic mass is 15.1. The SMILES string of the molecule is CCCCC(CC)CN(CCCCCC(C)C)CCC(C)CC(C)(C)C. The van der Waals surface area contributed by atoms with Gasteiger partial charge in [-0.25, -0.2) is 0 Å². The first-order chi connectivity index (χ1) is 12.2. The Labute approximate surface area is 167 Å². The van der Waals surface area contributed by atoms with Gasteiger partial charge in [-0.1, -0.05) is 93.9 Å². The molecule has 0 aliphatic heterocycles. The highest BCUT2D eigenvalue weighted by Gasteiger charge is 2.17. The predicted molar refractivity (Wildman–Crippen MR) is 121 cm³/mol. The van der Waals surface area contributed by atoms with Crippen LogP contribution in [-0.4, -0.2) is 24.5 Å². The van der Waals surface area contributed by atoms with E-state index in [2.05, 4.69) is 60.3 Å². The second kappa shape index (κ2) is 14.9. The van der Waals surface area contributed by atoms with E-state index in [1.165, 1.54) is 83.8 Å². The Kier molecular flexibility index (Phi) is 14.9. The normalized spacial score (nSPS) is 15.0. The van der Waals surface area contributed by atoms with Crippen molar-refractivity contribution in [3.63, 3.8) is 0 Å². The van der Waals surface area contributed by atoms with Crippen molar-refractivity contribution in [2.75, 3.05) is 19.6 Å². The molecule has 0 aromatic carbocycles. The minimum Gasteiger partial charge on any atom is -0.303 e. The van der Waals surface area contributed by atoms with Crippen LogP contribution in [0.5, 0.6) is 0 Å². The molecule has 0 aliphatic rings. The zero-order valence-corrected chi connectivity index (χ0v) is 19.9.